The van der Waals surface area contributed by atoms with Crippen LogP contribution in [0.1, 0.15) is 30.1 Å². The van der Waals surface area contributed by atoms with Crippen molar-refractivity contribution in [3.63, 3.8) is 0 Å². The first-order chi connectivity index (χ1) is 16.1. The van der Waals surface area contributed by atoms with E-state index < -0.39 is 24.3 Å². The highest BCUT2D eigenvalue weighted by atomic mass is 35.5. The Morgan fingerprint density at radius 2 is 1.43 bits per heavy atom. The van der Waals surface area contributed by atoms with E-state index in [1.54, 1.807) is 12.1 Å². The number of carboxylic acid groups (broad SMARTS) is 2. The molecule has 0 aromatic heterocycles. The SMILES string of the molecule is CCN1CCC(NCCNC(=O)c2ccccc2Cl)CC1.O=C(O)C(F)(F)F.O=C(O)C(F)(F)F. The van der Waals surface area contributed by atoms with E-state index in [2.05, 4.69) is 22.5 Å². The summed E-state index contributed by atoms with van der Waals surface area (Å²) in [6, 6.07) is 7.69. The lowest BCUT2D eigenvalue weighted by Crippen LogP contribution is -2.44. The fourth-order valence-corrected chi connectivity index (χ4v) is 2.87. The lowest BCUT2D eigenvalue weighted by atomic mass is 10.1. The van der Waals surface area contributed by atoms with Crippen molar-refractivity contribution in [2.24, 2.45) is 0 Å². The fraction of sp³-hybridized carbons (Fsp3) is 0.550. The Hall–Kier alpha value is -2.58. The number of benzene rings is 1. The molecule has 2 rings (SSSR count). The van der Waals surface area contributed by atoms with Gasteiger partial charge in [0.15, 0.2) is 0 Å². The molecule has 1 saturated heterocycles. The van der Waals surface area contributed by atoms with Gasteiger partial charge in [-0.3, -0.25) is 4.79 Å². The number of alkyl halides is 6. The van der Waals surface area contributed by atoms with Gasteiger partial charge in [0.25, 0.3) is 5.91 Å². The van der Waals surface area contributed by atoms with Crippen LogP contribution in [-0.2, 0) is 9.59 Å². The summed E-state index contributed by atoms with van der Waals surface area (Å²) in [5, 5.41) is 21.2. The molecule has 1 aliphatic rings. The number of halogens is 7. The number of carbonyl (C=O) groups excluding carboxylic acids is 1. The average molecular weight is 538 g/mol. The third-order valence-electron chi connectivity index (χ3n) is 4.48. The van der Waals surface area contributed by atoms with Crippen LogP contribution >= 0.6 is 11.6 Å². The molecular formula is C20H26ClF6N3O5. The Labute approximate surface area is 202 Å². The first-order valence-corrected chi connectivity index (χ1v) is 10.6. The van der Waals surface area contributed by atoms with Crippen LogP contribution in [0, 0.1) is 0 Å². The van der Waals surface area contributed by atoms with Crippen molar-refractivity contribution >= 4 is 29.4 Å². The van der Waals surface area contributed by atoms with E-state index in [0.717, 1.165) is 13.1 Å². The highest BCUT2D eigenvalue weighted by molar-refractivity contribution is 6.33. The fourth-order valence-electron chi connectivity index (χ4n) is 2.65. The van der Waals surface area contributed by atoms with Crippen LogP contribution < -0.4 is 10.6 Å². The third kappa shape index (κ3) is 14.4. The van der Waals surface area contributed by atoms with Gasteiger partial charge in [-0.25, -0.2) is 9.59 Å². The second kappa shape index (κ2) is 15.4. The summed E-state index contributed by atoms with van der Waals surface area (Å²) in [7, 11) is 0. The molecule has 1 heterocycles. The zero-order valence-electron chi connectivity index (χ0n) is 18.5. The van der Waals surface area contributed by atoms with Crippen LogP contribution in [0.2, 0.25) is 5.02 Å². The number of amides is 1. The smallest absolute Gasteiger partial charge is 0.475 e. The van der Waals surface area contributed by atoms with E-state index in [-0.39, 0.29) is 5.91 Å². The maximum absolute atomic E-state index is 12.0. The molecule has 0 atom stereocenters. The molecule has 0 aliphatic carbocycles. The Morgan fingerprint density at radius 3 is 1.83 bits per heavy atom. The zero-order valence-corrected chi connectivity index (χ0v) is 19.3. The number of carboxylic acids is 2. The number of aliphatic carboxylic acids is 2. The Kier molecular flexibility index (Phi) is 14.3. The average Bonchev–Trinajstić information content (AvgIpc) is 2.77. The Bertz CT molecular complexity index is 791. The van der Waals surface area contributed by atoms with Gasteiger partial charge in [0.2, 0.25) is 0 Å². The topological polar surface area (TPSA) is 119 Å². The zero-order chi connectivity index (χ0) is 27.2. The number of piperidine rings is 1. The van der Waals surface area contributed by atoms with Crippen molar-refractivity contribution in [1.29, 1.82) is 0 Å². The molecule has 0 radical (unpaired) electrons. The first-order valence-electron chi connectivity index (χ1n) is 10.2. The predicted octanol–water partition coefficient (Wildman–Crippen LogP) is 3.41. The molecule has 0 saturated carbocycles. The molecule has 1 fully saturated rings. The summed E-state index contributed by atoms with van der Waals surface area (Å²) in [5.41, 5.74) is 0.537. The van der Waals surface area contributed by atoms with Crippen LogP contribution in [-0.4, -0.2) is 84.1 Å². The molecular weight excluding hydrogens is 512 g/mol. The van der Waals surface area contributed by atoms with E-state index in [0.29, 0.717) is 23.2 Å². The lowest BCUT2D eigenvalue weighted by molar-refractivity contribution is -0.193. The number of nitrogens with zero attached hydrogens (tertiary/aromatic N) is 1. The summed E-state index contributed by atoms with van der Waals surface area (Å²) in [6.45, 7) is 7.10. The van der Waals surface area contributed by atoms with Gasteiger partial charge < -0.3 is 25.7 Å². The van der Waals surface area contributed by atoms with Crippen molar-refractivity contribution in [2.75, 3.05) is 32.7 Å². The van der Waals surface area contributed by atoms with Crippen LogP contribution in [0.15, 0.2) is 24.3 Å². The molecule has 1 amide bonds. The molecule has 8 nitrogen and oxygen atoms in total. The van der Waals surface area contributed by atoms with Gasteiger partial charge in [-0.05, 0) is 44.6 Å². The van der Waals surface area contributed by atoms with Crippen molar-refractivity contribution in [3.8, 4) is 0 Å². The van der Waals surface area contributed by atoms with Gasteiger partial charge in [0.1, 0.15) is 0 Å². The molecule has 0 unspecified atom stereocenters. The molecule has 200 valence electrons. The van der Waals surface area contributed by atoms with Gasteiger partial charge in [0.05, 0.1) is 10.6 Å². The molecule has 0 spiro atoms. The van der Waals surface area contributed by atoms with E-state index in [1.807, 2.05) is 12.1 Å². The van der Waals surface area contributed by atoms with Gasteiger partial charge in [-0.15, -0.1) is 0 Å². The molecule has 15 heteroatoms. The predicted molar refractivity (Wildman–Crippen MR) is 114 cm³/mol. The number of likely N-dealkylation sites (tertiary alicyclic amines) is 1. The minimum atomic E-state index is -5.08. The largest absolute Gasteiger partial charge is 0.490 e. The second-order valence-corrected chi connectivity index (χ2v) is 7.41. The number of nitrogens with one attached hydrogen (secondary N) is 2. The van der Waals surface area contributed by atoms with Crippen molar-refractivity contribution in [1.82, 2.24) is 15.5 Å². The van der Waals surface area contributed by atoms with E-state index in [1.165, 1.54) is 25.9 Å². The van der Waals surface area contributed by atoms with Crippen LogP contribution in [0.3, 0.4) is 0 Å². The quantitative estimate of drug-likeness (QED) is 0.324. The van der Waals surface area contributed by atoms with Crippen molar-refractivity contribution in [3.05, 3.63) is 34.9 Å². The summed E-state index contributed by atoms with van der Waals surface area (Å²) >= 11 is 6.00. The number of hydrogen-bond donors (Lipinski definition) is 4. The van der Waals surface area contributed by atoms with Gasteiger partial charge in [-0.1, -0.05) is 30.7 Å². The van der Waals surface area contributed by atoms with E-state index in [4.69, 9.17) is 31.4 Å². The summed E-state index contributed by atoms with van der Waals surface area (Å²) < 4.78 is 63.5. The van der Waals surface area contributed by atoms with Gasteiger partial charge in [-0.2, -0.15) is 26.3 Å². The van der Waals surface area contributed by atoms with E-state index >= 15 is 0 Å². The van der Waals surface area contributed by atoms with Crippen molar-refractivity contribution < 1.29 is 50.9 Å². The first kappa shape index (κ1) is 32.4. The molecule has 1 aliphatic heterocycles. The minimum Gasteiger partial charge on any atom is -0.475 e. The molecule has 4 N–H and O–H groups in total. The van der Waals surface area contributed by atoms with Gasteiger partial charge >= 0.3 is 24.3 Å². The minimum absolute atomic E-state index is 0.108. The monoisotopic (exact) mass is 537 g/mol. The molecule has 0 bridgehead atoms. The van der Waals surface area contributed by atoms with Crippen LogP contribution in [0.5, 0.6) is 0 Å². The normalized spacial score (nSPS) is 14.6. The Morgan fingerprint density at radius 1 is 0.971 bits per heavy atom. The van der Waals surface area contributed by atoms with Crippen LogP contribution in [0.4, 0.5) is 26.3 Å². The highest BCUT2D eigenvalue weighted by Gasteiger charge is 2.38. The van der Waals surface area contributed by atoms with Crippen molar-refractivity contribution in [2.45, 2.75) is 38.2 Å². The van der Waals surface area contributed by atoms with E-state index in [9.17, 15) is 31.1 Å². The Balaban J connectivity index is 0.000000680. The maximum atomic E-state index is 12.0. The van der Waals surface area contributed by atoms with Gasteiger partial charge in [0, 0.05) is 19.1 Å². The summed E-state index contributed by atoms with van der Waals surface area (Å²) in [5.74, 6) is -5.62. The molecule has 35 heavy (non-hydrogen) atoms. The molecule has 1 aromatic carbocycles. The maximum Gasteiger partial charge on any atom is 0.490 e. The molecule has 1 aromatic rings. The number of hydrogen-bond acceptors (Lipinski definition) is 5. The highest BCUT2D eigenvalue weighted by Crippen LogP contribution is 2.15. The second-order valence-electron chi connectivity index (χ2n) is 7.00. The standard InChI is InChI=1S/C16H24ClN3O.2C2HF3O2/c1-2-20-11-7-13(8-12-20)18-9-10-19-16(21)14-5-3-4-6-15(14)17;2*3-2(4,5)1(6)7/h3-6,13,18H,2,7-12H2,1H3,(H,19,21);2*(H,6,7). The van der Waals surface area contributed by atoms with Crippen LogP contribution in [0.25, 0.3) is 0 Å². The number of carbonyl (C=O) groups is 3. The third-order valence-corrected chi connectivity index (χ3v) is 4.81. The lowest BCUT2D eigenvalue weighted by Gasteiger charge is -2.31. The summed E-state index contributed by atoms with van der Waals surface area (Å²) in [6.07, 6.45) is -7.79. The summed E-state index contributed by atoms with van der Waals surface area (Å²) in [4.78, 5) is 32.2. The number of rotatable bonds is 6.